The molecule has 0 aromatic heterocycles. The molecular formula is C10H15N3S. The summed E-state index contributed by atoms with van der Waals surface area (Å²) >= 11 is 4.32. The number of nitrogens with two attached hydrogens (primary N) is 1. The molecule has 1 saturated heterocycles. The van der Waals surface area contributed by atoms with Gasteiger partial charge < -0.3 is 16.0 Å². The Morgan fingerprint density at radius 3 is 2.64 bits per heavy atom. The van der Waals surface area contributed by atoms with Gasteiger partial charge in [-0.25, -0.2) is 0 Å². The van der Waals surface area contributed by atoms with Crippen molar-refractivity contribution in [3.05, 3.63) is 18.2 Å². The maximum atomic E-state index is 5.71. The third-order valence-corrected chi connectivity index (χ3v) is 2.88. The first-order chi connectivity index (χ1) is 6.77. The third kappa shape index (κ3) is 1.96. The molecule has 14 heavy (non-hydrogen) atoms. The number of anilines is 2. The Hall–Kier alpha value is -0.870. The van der Waals surface area contributed by atoms with Crippen molar-refractivity contribution in [3.8, 4) is 0 Å². The van der Waals surface area contributed by atoms with Crippen LogP contribution >= 0.6 is 12.6 Å². The highest BCUT2D eigenvalue weighted by Crippen LogP contribution is 2.23. The van der Waals surface area contributed by atoms with Crippen LogP contribution < -0.4 is 16.0 Å². The molecule has 0 amide bonds. The van der Waals surface area contributed by atoms with E-state index in [0.29, 0.717) is 0 Å². The van der Waals surface area contributed by atoms with Crippen molar-refractivity contribution in [1.29, 1.82) is 0 Å². The summed E-state index contributed by atoms with van der Waals surface area (Å²) in [6.45, 7) is 4.20. The van der Waals surface area contributed by atoms with Crippen LogP contribution in [0.3, 0.4) is 0 Å². The number of rotatable bonds is 1. The molecule has 0 bridgehead atoms. The number of hydrogen-bond donors (Lipinski definition) is 3. The van der Waals surface area contributed by atoms with Crippen LogP contribution in [0.1, 0.15) is 0 Å². The largest absolute Gasteiger partial charge is 0.398 e. The molecule has 0 atom stereocenters. The zero-order valence-electron chi connectivity index (χ0n) is 8.03. The fraction of sp³-hybridized carbons (Fsp3) is 0.400. The minimum atomic E-state index is 0.743. The summed E-state index contributed by atoms with van der Waals surface area (Å²) in [5.41, 5.74) is 7.67. The summed E-state index contributed by atoms with van der Waals surface area (Å²) in [5, 5.41) is 3.33. The smallest absolute Gasteiger partial charge is 0.0451 e. The molecule has 0 aliphatic carbocycles. The van der Waals surface area contributed by atoms with E-state index in [0.717, 1.165) is 36.8 Å². The van der Waals surface area contributed by atoms with Crippen molar-refractivity contribution < 1.29 is 0 Å². The second-order valence-electron chi connectivity index (χ2n) is 3.48. The molecule has 3 nitrogen and oxygen atoms in total. The van der Waals surface area contributed by atoms with E-state index in [2.05, 4.69) is 28.9 Å². The molecule has 1 fully saturated rings. The molecule has 0 radical (unpaired) electrons. The summed E-state index contributed by atoms with van der Waals surface area (Å²) < 4.78 is 0. The molecule has 1 aromatic carbocycles. The van der Waals surface area contributed by atoms with Gasteiger partial charge in [0.05, 0.1) is 0 Å². The van der Waals surface area contributed by atoms with Crippen molar-refractivity contribution in [2.24, 2.45) is 0 Å². The first-order valence-corrected chi connectivity index (χ1v) is 5.26. The number of nitrogens with one attached hydrogen (secondary N) is 1. The number of nitrogens with zero attached hydrogens (tertiary/aromatic N) is 1. The lowest BCUT2D eigenvalue weighted by molar-refractivity contribution is 0.589. The minimum absolute atomic E-state index is 0.743. The SMILES string of the molecule is Nc1ccc(N2CCNCC2)cc1S. The second kappa shape index (κ2) is 4.11. The first kappa shape index (κ1) is 9.68. The average molecular weight is 209 g/mol. The lowest BCUT2D eigenvalue weighted by atomic mass is 10.2. The molecule has 1 aromatic rings. The van der Waals surface area contributed by atoms with E-state index in [1.54, 1.807) is 0 Å². The Balaban J connectivity index is 2.18. The van der Waals surface area contributed by atoms with Gasteiger partial charge in [0.1, 0.15) is 0 Å². The molecule has 4 heteroatoms. The highest BCUT2D eigenvalue weighted by molar-refractivity contribution is 7.80. The topological polar surface area (TPSA) is 41.3 Å². The van der Waals surface area contributed by atoms with E-state index in [1.165, 1.54) is 5.69 Å². The number of thiol groups is 1. The Labute approximate surface area is 89.7 Å². The van der Waals surface area contributed by atoms with Crippen LogP contribution in [0.5, 0.6) is 0 Å². The Morgan fingerprint density at radius 1 is 1.29 bits per heavy atom. The maximum absolute atomic E-state index is 5.71. The van der Waals surface area contributed by atoms with E-state index < -0.39 is 0 Å². The molecule has 0 saturated carbocycles. The van der Waals surface area contributed by atoms with Gasteiger partial charge in [0.15, 0.2) is 0 Å². The van der Waals surface area contributed by atoms with E-state index in [9.17, 15) is 0 Å². The molecule has 1 aliphatic rings. The van der Waals surface area contributed by atoms with E-state index in [4.69, 9.17) is 5.73 Å². The van der Waals surface area contributed by atoms with Gasteiger partial charge in [-0.1, -0.05) is 0 Å². The van der Waals surface area contributed by atoms with Crippen LogP contribution in [0, 0.1) is 0 Å². The summed E-state index contributed by atoms with van der Waals surface area (Å²) in [7, 11) is 0. The maximum Gasteiger partial charge on any atom is 0.0451 e. The molecule has 0 unspecified atom stereocenters. The quantitative estimate of drug-likeness (QED) is 0.477. The van der Waals surface area contributed by atoms with Gasteiger partial charge in [-0.3, -0.25) is 0 Å². The van der Waals surface area contributed by atoms with Crippen LogP contribution in [-0.2, 0) is 0 Å². The van der Waals surface area contributed by atoms with Crippen molar-refractivity contribution in [1.82, 2.24) is 5.32 Å². The van der Waals surface area contributed by atoms with Crippen molar-refractivity contribution >= 4 is 24.0 Å². The number of hydrogen-bond acceptors (Lipinski definition) is 4. The summed E-state index contributed by atoms with van der Waals surface area (Å²) in [6.07, 6.45) is 0. The van der Waals surface area contributed by atoms with Gasteiger partial charge >= 0.3 is 0 Å². The van der Waals surface area contributed by atoms with Gasteiger partial charge in [0.25, 0.3) is 0 Å². The van der Waals surface area contributed by atoms with Crippen molar-refractivity contribution in [2.45, 2.75) is 4.90 Å². The molecule has 1 heterocycles. The Morgan fingerprint density at radius 2 is 2.00 bits per heavy atom. The molecule has 1 aliphatic heterocycles. The molecule has 0 spiro atoms. The van der Waals surface area contributed by atoms with Crippen molar-refractivity contribution in [2.75, 3.05) is 36.8 Å². The van der Waals surface area contributed by atoms with Gasteiger partial charge in [-0.05, 0) is 18.2 Å². The summed E-state index contributed by atoms with van der Waals surface area (Å²) in [5.74, 6) is 0. The lowest BCUT2D eigenvalue weighted by Gasteiger charge is -2.29. The van der Waals surface area contributed by atoms with Gasteiger partial charge in [-0.15, -0.1) is 12.6 Å². The van der Waals surface area contributed by atoms with Crippen LogP contribution in [0.4, 0.5) is 11.4 Å². The fourth-order valence-corrected chi connectivity index (χ4v) is 1.86. The zero-order chi connectivity index (χ0) is 9.97. The van der Waals surface area contributed by atoms with Crippen LogP contribution in [0.25, 0.3) is 0 Å². The highest BCUT2D eigenvalue weighted by atomic mass is 32.1. The second-order valence-corrected chi connectivity index (χ2v) is 3.96. The van der Waals surface area contributed by atoms with Crippen LogP contribution in [0.15, 0.2) is 23.1 Å². The van der Waals surface area contributed by atoms with E-state index in [-0.39, 0.29) is 0 Å². The highest BCUT2D eigenvalue weighted by Gasteiger charge is 2.10. The van der Waals surface area contributed by atoms with E-state index in [1.807, 2.05) is 12.1 Å². The lowest BCUT2D eigenvalue weighted by Crippen LogP contribution is -2.43. The number of nitrogen functional groups attached to an aromatic ring is 1. The summed E-state index contributed by atoms with van der Waals surface area (Å²) in [6, 6.07) is 6.00. The predicted molar refractivity (Wildman–Crippen MR) is 63.2 cm³/mol. The van der Waals surface area contributed by atoms with Crippen molar-refractivity contribution in [3.63, 3.8) is 0 Å². The Kier molecular flexibility index (Phi) is 2.84. The number of benzene rings is 1. The molecular weight excluding hydrogens is 194 g/mol. The monoisotopic (exact) mass is 209 g/mol. The molecule has 2 rings (SSSR count). The normalized spacial score (nSPS) is 17.1. The first-order valence-electron chi connectivity index (χ1n) is 4.81. The molecule has 76 valence electrons. The predicted octanol–water partition coefficient (Wildman–Crippen LogP) is 0.967. The van der Waals surface area contributed by atoms with Gasteiger partial charge in [-0.2, -0.15) is 0 Å². The Bertz CT molecular complexity index is 321. The summed E-state index contributed by atoms with van der Waals surface area (Å²) in [4.78, 5) is 3.20. The average Bonchev–Trinajstić information content (AvgIpc) is 2.23. The van der Waals surface area contributed by atoms with Gasteiger partial charge in [0, 0.05) is 42.4 Å². The third-order valence-electron chi connectivity index (χ3n) is 2.50. The van der Waals surface area contributed by atoms with E-state index >= 15 is 0 Å². The van der Waals surface area contributed by atoms with Crippen LogP contribution in [-0.4, -0.2) is 26.2 Å². The minimum Gasteiger partial charge on any atom is -0.398 e. The number of piperazine rings is 1. The fourth-order valence-electron chi connectivity index (χ4n) is 1.65. The van der Waals surface area contributed by atoms with Gasteiger partial charge in [0.2, 0.25) is 0 Å². The standard InChI is InChI=1S/C10H15N3S/c11-9-2-1-8(7-10(9)14)13-5-3-12-4-6-13/h1-2,7,12,14H,3-6,11H2. The molecule has 3 N–H and O–H groups in total. The van der Waals surface area contributed by atoms with Crippen LogP contribution in [0.2, 0.25) is 0 Å². The zero-order valence-corrected chi connectivity index (χ0v) is 8.93.